The molecule has 3 nitrogen and oxygen atoms in total. The number of hydrogen-bond acceptors (Lipinski definition) is 3. The summed E-state index contributed by atoms with van der Waals surface area (Å²) in [5, 5.41) is 0. The Morgan fingerprint density at radius 3 is 2.58 bits per heavy atom. The molecule has 19 heavy (non-hydrogen) atoms. The maximum absolute atomic E-state index is 13.7. The predicted molar refractivity (Wildman–Crippen MR) is 84.6 cm³/mol. The summed E-state index contributed by atoms with van der Waals surface area (Å²) < 4.78 is 19.5. The number of para-hydroxylation sites is 2. The summed E-state index contributed by atoms with van der Waals surface area (Å²) in [6.07, 6.45) is 0. The molecule has 0 spiro atoms. The van der Waals surface area contributed by atoms with Gasteiger partial charge in [-0.1, -0.05) is 12.1 Å². The average Bonchev–Trinajstić information content (AvgIpc) is 2.42. The zero-order chi connectivity index (χ0) is 14.0. The molecular weight excluding hydrogens is 358 g/mol. The summed E-state index contributed by atoms with van der Waals surface area (Å²) in [6.45, 7) is 0. The second-order valence-corrected chi connectivity index (χ2v) is 5.22. The highest BCUT2D eigenvalue weighted by molar-refractivity contribution is 14.1. The number of rotatable bonds is 3. The lowest BCUT2D eigenvalue weighted by molar-refractivity contribution is 0.415. The van der Waals surface area contributed by atoms with Crippen molar-refractivity contribution in [1.29, 1.82) is 0 Å². The molecule has 0 radical (unpaired) electrons. The zero-order valence-corrected chi connectivity index (χ0v) is 12.8. The van der Waals surface area contributed by atoms with Crippen molar-refractivity contribution in [3.05, 3.63) is 45.8 Å². The van der Waals surface area contributed by atoms with E-state index in [1.54, 1.807) is 13.2 Å². The number of nitrogen functional groups attached to an aromatic ring is 1. The normalized spacial score (nSPS) is 10.3. The number of nitrogens with two attached hydrogens (primary N) is 1. The first-order valence-electron chi connectivity index (χ1n) is 5.66. The smallest absolute Gasteiger partial charge is 0.142 e. The summed E-state index contributed by atoms with van der Waals surface area (Å²) in [5.74, 6) is 0.426. The Hall–Kier alpha value is -1.50. The number of nitrogens with zero attached hydrogens (tertiary/aromatic N) is 1. The van der Waals surface area contributed by atoms with Crippen LogP contribution in [0.4, 0.5) is 21.5 Å². The van der Waals surface area contributed by atoms with E-state index in [1.165, 1.54) is 6.07 Å². The quantitative estimate of drug-likeness (QED) is 0.658. The number of methoxy groups -OCH3 is 1. The van der Waals surface area contributed by atoms with E-state index in [0.717, 1.165) is 5.69 Å². The first-order valence-corrected chi connectivity index (χ1v) is 6.73. The second kappa shape index (κ2) is 5.64. The summed E-state index contributed by atoms with van der Waals surface area (Å²) in [5.41, 5.74) is 7.94. The molecule has 0 unspecified atom stereocenters. The maximum atomic E-state index is 13.7. The third-order valence-electron chi connectivity index (χ3n) is 2.88. The highest BCUT2D eigenvalue weighted by atomic mass is 127. The van der Waals surface area contributed by atoms with Gasteiger partial charge in [-0.05, 0) is 40.8 Å². The number of ether oxygens (including phenoxy) is 1. The van der Waals surface area contributed by atoms with Crippen molar-refractivity contribution in [1.82, 2.24) is 0 Å². The number of benzene rings is 2. The van der Waals surface area contributed by atoms with Crippen LogP contribution in [0.1, 0.15) is 0 Å². The van der Waals surface area contributed by atoms with Crippen molar-refractivity contribution in [3.63, 3.8) is 0 Å². The Kier molecular flexibility index (Phi) is 4.14. The van der Waals surface area contributed by atoms with Crippen LogP contribution in [0.5, 0.6) is 5.75 Å². The molecule has 0 heterocycles. The highest BCUT2D eigenvalue weighted by Gasteiger charge is 2.14. The van der Waals surface area contributed by atoms with E-state index in [0.29, 0.717) is 20.7 Å². The van der Waals surface area contributed by atoms with Gasteiger partial charge in [0, 0.05) is 13.1 Å². The summed E-state index contributed by atoms with van der Waals surface area (Å²) in [6, 6.07) is 10.6. The van der Waals surface area contributed by atoms with Crippen molar-refractivity contribution in [2.45, 2.75) is 0 Å². The molecule has 2 aromatic carbocycles. The minimum Gasteiger partial charge on any atom is -0.495 e. The summed E-state index contributed by atoms with van der Waals surface area (Å²) in [7, 11) is 3.43. The maximum Gasteiger partial charge on any atom is 0.142 e. The Balaban J connectivity index is 2.50. The van der Waals surface area contributed by atoms with Gasteiger partial charge >= 0.3 is 0 Å². The van der Waals surface area contributed by atoms with E-state index in [2.05, 4.69) is 0 Å². The van der Waals surface area contributed by atoms with Crippen LogP contribution in [0.25, 0.3) is 0 Å². The third kappa shape index (κ3) is 2.75. The lowest BCUT2D eigenvalue weighted by Crippen LogP contribution is -2.13. The van der Waals surface area contributed by atoms with E-state index in [-0.39, 0.29) is 5.82 Å². The molecule has 0 aromatic heterocycles. The highest BCUT2D eigenvalue weighted by Crippen LogP contribution is 2.36. The molecule has 5 heteroatoms. The SMILES string of the molecule is COc1ccccc1N(C)c1cc(F)c(I)cc1N. The standard InChI is InChI=1S/C14H14FIN2O/c1-18(12-5-3-4-6-14(12)19-2)13-7-9(15)10(16)8-11(13)17/h3-8H,17H2,1-2H3. The topological polar surface area (TPSA) is 38.5 Å². The monoisotopic (exact) mass is 372 g/mol. The Morgan fingerprint density at radius 2 is 1.89 bits per heavy atom. The van der Waals surface area contributed by atoms with Gasteiger partial charge in [-0.15, -0.1) is 0 Å². The third-order valence-corrected chi connectivity index (χ3v) is 3.70. The number of hydrogen-bond donors (Lipinski definition) is 1. The van der Waals surface area contributed by atoms with Crippen LogP contribution in [0, 0.1) is 9.39 Å². The molecule has 0 aliphatic carbocycles. The molecule has 0 saturated heterocycles. The van der Waals surface area contributed by atoms with Crippen molar-refractivity contribution in [3.8, 4) is 5.75 Å². The molecule has 2 rings (SSSR count). The van der Waals surface area contributed by atoms with Gasteiger partial charge in [0.1, 0.15) is 11.6 Å². The van der Waals surface area contributed by atoms with Crippen LogP contribution in [0.3, 0.4) is 0 Å². The molecule has 0 fully saturated rings. The fraction of sp³-hybridized carbons (Fsp3) is 0.143. The number of halogens is 2. The van der Waals surface area contributed by atoms with Crippen molar-refractivity contribution in [2.24, 2.45) is 0 Å². The van der Waals surface area contributed by atoms with Crippen LogP contribution in [0.15, 0.2) is 36.4 Å². The van der Waals surface area contributed by atoms with Gasteiger partial charge in [-0.25, -0.2) is 4.39 Å². The fourth-order valence-electron chi connectivity index (χ4n) is 1.88. The lowest BCUT2D eigenvalue weighted by Gasteiger charge is -2.23. The van der Waals surface area contributed by atoms with E-state index in [9.17, 15) is 4.39 Å². The Morgan fingerprint density at radius 1 is 1.21 bits per heavy atom. The fourth-order valence-corrected chi connectivity index (χ4v) is 2.37. The minimum absolute atomic E-state index is 0.286. The minimum atomic E-state index is -0.286. The van der Waals surface area contributed by atoms with Crippen LogP contribution < -0.4 is 15.4 Å². The molecule has 0 aliphatic heterocycles. The Bertz CT molecular complexity index is 604. The van der Waals surface area contributed by atoms with E-state index < -0.39 is 0 Å². The first-order chi connectivity index (χ1) is 9.04. The molecule has 2 aromatic rings. The van der Waals surface area contributed by atoms with Crippen LogP contribution in [-0.2, 0) is 0 Å². The Labute approximate surface area is 125 Å². The molecule has 0 atom stereocenters. The van der Waals surface area contributed by atoms with Crippen molar-refractivity contribution >= 4 is 39.7 Å². The van der Waals surface area contributed by atoms with Crippen molar-refractivity contribution in [2.75, 3.05) is 24.8 Å². The summed E-state index contributed by atoms with van der Waals surface area (Å²) >= 11 is 1.92. The van der Waals surface area contributed by atoms with Gasteiger partial charge < -0.3 is 15.4 Å². The van der Waals surface area contributed by atoms with E-state index in [1.807, 2.05) is 58.8 Å². The molecule has 0 saturated carbocycles. The van der Waals surface area contributed by atoms with Gasteiger partial charge in [0.25, 0.3) is 0 Å². The molecule has 2 N–H and O–H groups in total. The molecule has 0 aliphatic rings. The molecule has 100 valence electrons. The van der Waals surface area contributed by atoms with E-state index >= 15 is 0 Å². The van der Waals surface area contributed by atoms with Crippen LogP contribution >= 0.6 is 22.6 Å². The molecule has 0 amide bonds. The lowest BCUT2D eigenvalue weighted by atomic mass is 10.2. The van der Waals surface area contributed by atoms with Gasteiger partial charge in [-0.2, -0.15) is 0 Å². The van der Waals surface area contributed by atoms with Gasteiger partial charge in [0.2, 0.25) is 0 Å². The van der Waals surface area contributed by atoms with Crippen molar-refractivity contribution < 1.29 is 9.13 Å². The van der Waals surface area contributed by atoms with Crippen LogP contribution in [-0.4, -0.2) is 14.2 Å². The molecule has 0 bridgehead atoms. The second-order valence-electron chi connectivity index (χ2n) is 4.06. The van der Waals surface area contributed by atoms with Gasteiger partial charge in [0.05, 0.1) is 27.7 Å². The van der Waals surface area contributed by atoms with E-state index in [4.69, 9.17) is 10.5 Å². The average molecular weight is 372 g/mol. The van der Waals surface area contributed by atoms with Gasteiger partial charge in [-0.3, -0.25) is 0 Å². The molecular formula is C14H14FIN2O. The first kappa shape index (κ1) is 13.9. The predicted octanol–water partition coefficient (Wildman–Crippen LogP) is 3.79. The summed E-state index contributed by atoms with van der Waals surface area (Å²) in [4.78, 5) is 1.81. The van der Waals surface area contributed by atoms with Gasteiger partial charge in [0.15, 0.2) is 0 Å². The largest absolute Gasteiger partial charge is 0.495 e. The number of anilines is 3. The zero-order valence-electron chi connectivity index (χ0n) is 10.7. The van der Waals surface area contributed by atoms with Crippen LogP contribution in [0.2, 0.25) is 0 Å².